The number of carbonyl (C=O) groups is 1. The van der Waals surface area contributed by atoms with Gasteiger partial charge < -0.3 is 9.47 Å². The lowest BCUT2D eigenvalue weighted by Gasteiger charge is -2.25. The first kappa shape index (κ1) is 13.3. The maximum absolute atomic E-state index is 10.9. The van der Waals surface area contributed by atoms with E-state index in [0.717, 1.165) is 12.8 Å². The highest BCUT2D eigenvalue weighted by Gasteiger charge is 2.22. The summed E-state index contributed by atoms with van der Waals surface area (Å²) in [7, 11) is 1.44. The highest BCUT2D eigenvalue weighted by Crippen LogP contribution is 2.35. The highest BCUT2D eigenvalue weighted by molar-refractivity contribution is 5.83. The fourth-order valence-electron chi connectivity index (χ4n) is 1.96. The van der Waals surface area contributed by atoms with Crippen LogP contribution in [0.4, 0.5) is 5.69 Å². The smallest absolute Gasteiger partial charge is 0.283 e. The van der Waals surface area contributed by atoms with Crippen molar-refractivity contribution in [1.82, 2.24) is 0 Å². The molecule has 1 aliphatic carbocycles. The third kappa shape index (κ3) is 2.83. The lowest BCUT2D eigenvalue weighted by Crippen LogP contribution is -2.19. The number of carbonyl (C=O) groups excluding carboxylic acids is 1. The molecule has 0 N–H and O–H groups in total. The molecule has 0 heterocycles. The zero-order valence-electron chi connectivity index (χ0n) is 10.6. The van der Waals surface area contributed by atoms with E-state index in [1.165, 1.54) is 25.7 Å². The molecule has 1 aromatic carbocycles. The van der Waals surface area contributed by atoms with Crippen molar-refractivity contribution in [3.8, 4) is 11.5 Å². The Morgan fingerprint density at radius 2 is 2.16 bits per heavy atom. The first-order chi connectivity index (χ1) is 9.15. The van der Waals surface area contributed by atoms with Gasteiger partial charge in [0.25, 0.3) is 5.69 Å². The number of hydrogen-bond donors (Lipinski definition) is 0. The van der Waals surface area contributed by atoms with Crippen molar-refractivity contribution in [1.29, 1.82) is 0 Å². The minimum Gasteiger partial charge on any atom is -0.493 e. The molecule has 1 aliphatic rings. The number of nitrogens with zero attached hydrogens (tertiary/aromatic N) is 1. The van der Waals surface area contributed by atoms with Crippen LogP contribution in [-0.4, -0.2) is 24.9 Å². The topological polar surface area (TPSA) is 78.7 Å². The molecule has 0 aliphatic heterocycles. The van der Waals surface area contributed by atoms with Gasteiger partial charge in [-0.05, 0) is 18.8 Å². The van der Waals surface area contributed by atoms with Crippen molar-refractivity contribution < 1.29 is 19.2 Å². The molecule has 0 radical (unpaired) electrons. The standard InChI is InChI=1S/C13H15NO5/c1-18-12-5-10(7-15)11(14(16)17)6-13(12)19-8-9-3-2-4-9/h5-7,9H,2-4,8H2,1H3. The van der Waals surface area contributed by atoms with Crippen LogP contribution in [0.15, 0.2) is 12.1 Å². The fourth-order valence-corrected chi connectivity index (χ4v) is 1.96. The molecule has 1 fully saturated rings. The second kappa shape index (κ2) is 5.69. The van der Waals surface area contributed by atoms with Crippen LogP contribution in [0.5, 0.6) is 11.5 Å². The van der Waals surface area contributed by atoms with E-state index in [-0.39, 0.29) is 11.3 Å². The lowest BCUT2D eigenvalue weighted by atomic mass is 9.86. The quantitative estimate of drug-likeness (QED) is 0.448. The zero-order chi connectivity index (χ0) is 13.8. The van der Waals surface area contributed by atoms with Crippen LogP contribution in [0, 0.1) is 16.0 Å². The van der Waals surface area contributed by atoms with Crippen molar-refractivity contribution in [3.63, 3.8) is 0 Å². The first-order valence-electron chi connectivity index (χ1n) is 6.10. The molecule has 102 valence electrons. The van der Waals surface area contributed by atoms with Gasteiger partial charge in [0.05, 0.1) is 30.3 Å². The molecule has 0 aromatic heterocycles. The second-order valence-electron chi connectivity index (χ2n) is 4.54. The molecule has 0 bridgehead atoms. The molecule has 0 unspecified atom stereocenters. The average Bonchev–Trinajstić information content (AvgIpc) is 2.36. The Morgan fingerprint density at radius 3 is 2.63 bits per heavy atom. The number of nitro groups is 1. The molecular weight excluding hydrogens is 250 g/mol. The number of methoxy groups -OCH3 is 1. The maximum atomic E-state index is 10.9. The lowest BCUT2D eigenvalue weighted by molar-refractivity contribution is -0.385. The average molecular weight is 265 g/mol. The third-order valence-electron chi connectivity index (χ3n) is 3.34. The number of aldehydes is 1. The van der Waals surface area contributed by atoms with Crippen molar-refractivity contribution in [2.45, 2.75) is 19.3 Å². The van der Waals surface area contributed by atoms with Gasteiger partial charge in [0, 0.05) is 6.07 Å². The molecule has 0 atom stereocenters. The summed E-state index contributed by atoms with van der Waals surface area (Å²) in [5.41, 5.74) is -0.280. The fraction of sp³-hybridized carbons (Fsp3) is 0.462. The summed E-state index contributed by atoms with van der Waals surface area (Å²) in [6.45, 7) is 0.522. The molecule has 1 aromatic rings. The Kier molecular flexibility index (Phi) is 3.99. The summed E-state index contributed by atoms with van der Waals surface area (Å²) in [4.78, 5) is 21.1. The molecule has 19 heavy (non-hydrogen) atoms. The molecule has 2 rings (SSSR count). The molecule has 6 heteroatoms. The summed E-state index contributed by atoms with van der Waals surface area (Å²) < 4.78 is 10.7. The largest absolute Gasteiger partial charge is 0.493 e. The Morgan fingerprint density at radius 1 is 1.42 bits per heavy atom. The number of ether oxygens (including phenoxy) is 2. The maximum Gasteiger partial charge on any atom is 0.283 e. The number of nitro benzene ring substituents is 1. The molecule has 0 spiro atoms. The Hall–Kier alpha value is -2.11. The van der Waals surface area contributed by atoms with Gasteiger partial charge in [-0.2, -0.15) is 0 Å². The van der Waals surface area contributed by atoms with Gasteiger partial charge in [-0.1, -0.05) is 6.42 Å². The van der Waals surface area contributed by atoms with E-state index in [4.69, 9.17) is 9.47 Å². The van der Waals surface area contributed by atoms with Crippen LogP contribution in [-0.2, 0) is 0 Å². The Balaban J connectivity index is 2.25. The molecular formula is C13H15NO5. The van der Waals surface area contributed by atoms with E-state index in [1.807, 2.05) is 0 Å². The van der Waals surface area contributed by atoms with Crippen molar-refractivity contribution in [2.75, 3.05) is 13.7 Å². The molecule has 0 saturated heterocycles. The zero-order valence-corrected chi connectivity index (χ0v) is 10.6. The molecule has 1 saturated carbocycles. The van der Waals surface area contributed by atoms with Crippen LogP contribution in [0.3, 0.4) is 0 Å². The third-order valence-corrected chi connectivity index (χ3v) is 3.34. The summed E-state index contributed by atoms with van der Waals surface area (Å²) in [5, 5.41) is 10.9. The summed E-state index contributed by atoms with van der Waals surface area (Å²) in [5.74, 6) is 1.16. The van der Waals surface area contributed by atoms with Crippen molar-refractivity contribution in [3.05, 3.63) is 27.8 Å². The highest BCUT2D eigenvalue weighted by atomic mass is 16.6. The van der Waals surface area contributed by atoms with Crippen LogP contribution >= 0.6 is 0 Å². The van der Waals surface area contributed by atoms with Gasteiger partial charge in [-0.15, -0.1) is 0 Å². The monoisotopic (exact) mass is 265 g/mol. The van der Waals surface area contributed by atoms with E-state index in [9.17, 15) is 14.9 Å². The summed E-state index contributed by atoms with van der Waals surface area (Å²) in [6, 6.07) is 2.59. The van der Waals surface area contributed by atoms with Gasteiger partial charge in [-0.25, -0.2) is 0 Å². The van der Waals surface area contributed by atoms with Gasteiger partial charge >= 0.3 is 0 Å². The minimum atomic E-state index is -0.598. The van der Waals surface area contributed by atoms with Crippen molar-refractivity contribution >= 4 is 12.0 Å². The first-order valence-corrected chi connectivity index (χ1v) is 6.10. The predicted octanol–water partition coefficient (Wildman–Crippen LogP) is 2.59. The van der Waals surface area contributed by atoms with Gasteiger partial charge in [-0.3, -0.25) is 14.9 Å². The van der Waals surface area contributed by atoms with E-state index in [0.29, 0.717) is 30.3 Å². The summed E-state index contributed by atoms with van der Waals surface area (Å²) >= 11 is 0. The van der Waals surface area contributed by atoms with Crippen LogP contribution in [0.1, 0.15) is 29.6 Å². The molecule has 0 amide bonds. The Labute approximate surface area is 110 Å². The molecule has 6 nitrogen and oxygen atoms in total. The summed E-state index contributed by atoms with van der Waals surface area (Å²) in [6.07, 6.45) is 3.89. The number of rotatable bonds is 6. The van der Waals surface area contributed by atoms with Crippen LogP contribution in [0.2, 0.25) is 0 Å². The van der Waals surface area contributed by atoms with Gasteiger partial charge in [0.2, 0.25) is 0 Å². The van der Waals surface area contributed by atoms with E-state index >= 15 is 0 Å². The van der Waals surface area contributed by atoms with Crippen LogP contribution < -0.4 is 9.47 Å². The Bertz CT molecular complexity index is 496. The number of hydrogen-bond acceptors (Lipinski definition) is 5. The minimum absolute atomic E-state index is 0.0159. The van der Waals surface area contributed by atoms with E-state index < -0.39 is 4.92 Å². The SMILES string of the molecule is COc1cc(C=O)c([N+](=O)[O-])cc1OCC1CCC1. The van der Waals surface area contributed by atoms with Gasteiger partial charge in [0.15, 0.2) is 17.8 Å². The normalized spacial score (nSPS) is 14.6. The van der Waals surface area contributed by atoms with Crippen LogP contribution in [0.25, 0.3) is 0 Å². The number of benzene rings is 1. The van der Waals surface area contributed by atoms with Gasteiger partial charge in [0.1, 0.15) is 0 Å². The predicted molar refractivity (Wildman–Crippen MR) is 67.9 cm³/mol. The van der Waals surface area contributed by atoms with E-state index in [1.54, 1.807) is 0 Å². The van der Waals surface area contributed by atoms with Crippen molar-refractivity contribution in [2.24, 2.45) is 5.92 Å². The van der Waals surface area contributed by atoms with E-state index in [2.05, 4.69) is 0 Å². The second-order valence-corrected chi connectivity index (χ2v) is 4.54.